The van der Waals surface area contributed by atoms with Gasteiger partial charge in [0.05, 0.1) is 4.90 Å². The average molecular weight is 286 g/mol. The second-order valence-electron chi connectivity index (χ2n) is 3.85. The van der Waals surface area contributed by atoms with Gasteiger partial charge in [-0.25, -0.2) is 8.42 Å². The maximum Gasteiger partial charge on any atom is 0.295 e. The van der Waals surface area contributed by atoms with Gasteiger partial charge in [0, 0.05) is 5.39 Å². The minimum Gasteiger partial charge on any atom is -0.282 e. The van der Waals surface area contributed by atoms with Gasteiger partial charge in [-0.1, -0.05) is 18.2 Å². The van der Waals surface area contributed by atoms with Gasteiger partial charge >= 0.3 is 0 Å². The molecule has 2 rings (SSSR count). The number of thiol groups is 1. The number of aryl methyl sites for hydroxylation is 1. The summed E-state index contributed by atoms with van der Waals surface area (Å²) in [5.41, 5.74) is 0.407. The van der Waals surface area contributed by atoms with Gasteiger partial charge < -0.3 is 0 Å². The van der Waals surface area contributed by atoms with Gasteiger partial charge in [-0.05, 0) is 30.0 Å². The van der Waals surface area contributed by atoms with Crippen molar-refractivity contribution in [1.29, 1.82) is 0 Å². The van der Waals surface area contributed by atoms with Gasteiger partial charge in [-0.2, -0.15) is 8.42 Å². The molecule has 0 heterocycles. The lowest BCUT2D eigenvalue weighted by Crippen LogP contribution is -2.02. The summed E-state index contributed by atoms with van der Waals surface area (Å²) >= 11 is 0. The molecule has 2 aromatic rings. The molecule has 96 valence electrons. The van der Waals surface area contributed by atoms with E-state index >= 15 is 0 Å². The third-order valence-electron chi connectivity index (χ3n) is 2.62. The molecule has 0 bridgehead atoms. The SMILES string of the molecule is Cc1ccc2cc([SH](=O)=O)ccc2c1S(=O)(=O)O. The maximum atomic E-state index is 11.3. The van der Waals surface area contributed by atoms with E-state index in [0.29, 0.717) is 16.3 Å². The fourth-order valence-corrected chi connectivity index (χ4v) is 3.23. The third kappa shape index (κ3) is 2.24. The molecule has 0 aliphatic rings. The molecular formula is C11H10O5S2. The van der Waals surface area contributed by atoms with Crippen LogP contribution in [0.4, 0.5) is 0 Å². The van der Waals surface area contributed by atoms with Crippen LogP contribution in [0.2, 0.25) is 0 Å². The number of hydrogen-bond acceptors (Lipinski definition) is 4. The van der Waals surface area contributed by atoms with Gasteiger partial charge in [0.1, 0.15) is 4.90 Å². The van der Waals surface area contributed by atoms with Crippen LogP contribution in [0.1, 0.15) is 5.56 Å². The Morgan fingerprint density at radius 2 is 1.78 bits per heavy atom. The van der Waals surface area contributed by atoms with Crippen molar-refractivity contribution in [3.8, 4) is 0 Å². The molecule has 5 nitrogen and oxygen atoms in total. The van der Waals surface area contributed by atoms with Crippen LogP contribution in [-0.2, 0) is 20.8 Å². The molecule has 18 heavy (non-hydrogen) atoms. The van der Waals surface area contributed by atoms with Gasteiger partial charge in [0.15, 0.2) is 10.7 Å². The summed E-state index contributed by atoms with van der Waals surface area (Å²) in [4.78, 5) is -0.0877. The molecule has 0 saturated heterocycles. The van der Waals surface area contributed by atoms with Gasteiger partial charge in [0.25, 0.3) is 10.1 Å². The van der Waals surface area contributed by atoms with Crippen molar-refractivity contribution in [2.75, 3.05) is 0 Å². The summed E-state index contributed by atoms with van der Waals surface area (Å²) in [6, 6.07) is 7.19. The zero-order valence-electron chi connectivity index (χ0n) is 9.32. The first kappa shape index (κ1) is 13.0. The zero-order valence-corrected chi connectivity index (χ0v) is 11.0. The Hall–Kier alpha value is -1.44. The van der Waals surface area contributed by atoms with Gasteiger partial charge in [-0.3, -0.25) is 4.55 Å². The highest BCUT2D eigenvalue weighted by atomic mass is 32.2. The van der Waals surface area contributed by atoms with Crippen LogP contribution in [0, 0.1) is 6.92 Å². The highest BCUT2D eigenvalue weighted by Gasteiger charge is 2.17. The lowest BCUT2D eigenvalue weighted by atomic mass is 10.1. The van der Waals surface area contributed by atoms with Crippen molar-refractivity contribution in [3.63, 3.8) is 0 Å². The van der Waals surface area contributed by atoms with Crippen molar-refractivity contribution in [2.24, 2.45) is 0 Å². The van der Waals surface area contributed by atoms with E-state index in [2.05, 4.69) is 0 Å². The van der Waals surface area contributed by atoms with E-state index in [1.807, 2.05) is 0 Å². The van der Waals surface area contributed by atoms with E-state index in [-0.39, 0.29) is 9.79 Å². The maximum absolute atomic E-state index is 11.3. The number of benzene rings is 2. The van der Waals surface area contributed by atoms with Crippen LogP contribution in [0.15, 0.2) is 40.1 Å². The predicted molar refractivity (Wildman–Crippen MR) is 67.1 cm³/mol. The second-order valence-corrected chi connectivity index (χ2v) is 6.24. The molecule has 1 N–H and O–H groups in total. The smallest absolute Gasteiger partial charge is 0.282 e. The highest BCUT2D eigenvalue weighted by molar-refractivity contribution is 7.86. The Labute approximate surface area is 106 Å². The van der Waals surface area contributed by atoms with E-state index in [1.54, 1.807) is 13.0 Å². The van der Waals surface area contributed by atoms with Crippen LogP contribution < -0.4 is 0 Å². The van der Waals surface area contributed by atoms with Crippen LogP contribution >= 0.6 is 0 Å². The first-order chi connectivity index (χ1) is 8.30. The minimum atomic E-state index is -4.34. The molecular weight excluding hydrogens is 276 g/mol. The monoisotopic (exact) mass is 286 g/mol. The van der Waals surface area contributed by atoms with Crippen LogP contribution in [0.3, 0.4) is 0 Å². The summed E-state index contributed by atoms with van der Waals surface area (Å²) < 4.78 is 53.6. The Bertz CT molecular complexity index is 796. The summed E-state index contributed by atoms with van der Waals surface area (Å²) in [6.45, 7) is 1.56. The number of hydrogen-bond donors (Lipinski definition) is 2. The first-order valence-electron chi connectivity index (χ1n) is 4.96. The molecule has 0 spiro atoms. The van der Waals surface area contributed by atoms with Crippen molar-refractivity contribution in [1.82, 2.24) is 0 Å². The summed E-state index contributed by atoms with van der Waals surface area (Å²) in [5.74, 6) is 0. The molecule has 0 aliphatic heterocycles. The van der Waals surface area contributed by atoms with Crippen molar-refractivity contribution in [2.45, 2.75) is 16.7 Å². The number of fused-ring (bicyclic) bond motifs is 1. The van der Waals surface area contributed by atoms with E-state index in [0.717, 1.165) is 0 Å². The van der Waals surface area contributed by atoms with E-state index in [4.69, 9.17) is 0 Å². The lowest BCUT2D eigenvalue weighted by molar-refractivity contribution is 0.483. The summed E-state index contributed by atoms with van der Waals surface area (Å²) in [7, 11) is -7.07. The molecule has 7 heteroatoms. The predicted octanol–water partition coefficient (Wildman–Crippen LogP) is 1.37. The third-order valence-corrected chi connectivity index (χ3v) is 4.38. The summed E-state index contributed by atoms with van der Waals surface area (Å²) in [5, 5.41) is 0.753. The molecule has 2 aromatic carbocycles. The van der Waals surface area contributed by atoms with Crippen molar-refractivity contribution >= 4 is 31.6 Å². The minimum absolute atomic E-state index is 0.0997. The molecule has 0 atom stereocenters. The molecule has 0 fully saturated rings. The van der Waals surface area contributed by atoms with Gasteiger partial charge in [-0.15, -0.1) is 0 Å². The van der Waals surface area contributed by atoms with Crippen molar-refractivity contribution in [3.05, 3.63) is 35.9 Å². The Morgan fingerprint density at radius 1 is 1.11 bits per heavy atom. The molecule has 0 unspecified atom stereocenters. The van der Waals surface area contributed by atoms with Crippen LogP contribution in [-0.4, -0.2) is 21.4 Å². The molecule has 0 aromatic heterocycles. The number of rotatable bonds is 2. The molecule has 0 saturated carbocycles. The fraction of sp³-hybridized carbons (Fsp3) is 0.0909. The highest BCUT2D eigenvalue weighted by Crippen LogP contribution is 2.27. The quantitative estimate of drug-likeness (QED) is 0.643. The van der Waals surface area contributed by atoms with E-state index in [1.165, 1.54) is 24.3 Å². The average Bonchev–Trinajstić information content (AvgIpc) is 2.26. The normalized spacial score (nSPS) is 12.2. The Morgan fingerprint density at radius 3 is 2.33 bits per heavy atom. The van der Waals surface area contributed by atoms with E-state index < -0.39 is 20.8 Å². The van der Waals surface area contributed by atoms with Crippen LogP contribution in [0.25, 0.3) is 10.8 Å². The van der Waals surface area contributed by atoms with Crippen molar-refractivity contribution < 1.29 is 21.4 Å². The van der Waals surface area contributed by atoms with E-state index in [9.17, 15) is 21.4 Å². The first-order valence-corrected chi connectivity index (χ1v) is 7.58. The molecule has 0 amide bonds. The lowest BCUT2D eigenvalue weighted by Gasteiger charge is -2.07. The standard InChI is InChI=1S/C11H10O5S2/c1-7-2-3-8-6-9(17(12)13)4-5-10(8)11(7)18(14,15)16/h2-6,17H,1H3,(H,14,15,16). The fourth-order valence-electron chi connectivity index (χ4n) is 1.85. The Kier molecular flexibility index (Phi) is 3.14. The topological polar surface area (TPSA) is 88.5 Å². The Balaban J connectivity index is 2.92. The second kappa shape index (κ2) is 4.34. The molecule has 0 radical (unpaired) electrons. The zero-order chi connectivity index (χ0) is 13.5. The largest absolute Gasteiger partial charge is 0.295 e. The summed E-state index contributed by atoms with van der Waals surface area (Å²) in [6.07, 6.45) is 0. The van der Waals surface area contributed by atoms with Crippen LogP contribution in [0.5, 0.6) is 0 Å². The molecule has 0 aliphatic carbocycles. The van der Waals surface area contributed by atoms with Gasteiger partial charge in [0.2, 0.25) is 0 Å².